The summed E-state index contributed by atoms with van der Waals surface area (Å²) >= 11 is 0. The Morgan fingerprint density at radius 3 is 2.08 bits per heavy atom. The topological polar surface area (TPSA) is 20.3 Å². The lowest BCUT2D eigenvalue weighted by Gasteiger charge is -2.40. The molecule has 0 radical (unpaired) electrons. The van der Waals surface area contributed by atoms with Gasteiger partial charge in [-0.25, -0.2) is 0 Å². The van der Waals surface area contributed by atoms with Crippen molar-refractivity contribution in [3.8, 4) is 0 Å². The highest BCUT2D eigenvalue weighted by Gasteiger charge is 2.29. The van der Waals surface area contributed by atoms with Gasteiger partial charge in [0.1, 0.15) is 0 Å². The third-order valence-electron chi connectivity index (χ3n) is 2.94. The first kappa shape index (κ1) is 10.6. The molecule has 0 aromatic heterocycles. The molecule has 0 saturated carbocycles. The van der Waals surface area contributed by atoms with Crippen LogP contribution >= 0.6 is 0 Å². The van der Waals surface area contributed by atoms with E-state index in [9.17, 15) is 4.79 Å². The van der Waals surface area contributed by atoms with E-state index in [4.69, 9.17) is 0 Å². The summed E-state index contributed by atoms with van der Waals surface area (Å²) in [5.41, 5.74) is 0. The van der Waals surface area contributed by atoms with Crippen LogP contribution in [0.4, 0.5) is 0 Å². The molecule has 0 aliphatic carbocycles. The maximum atomic E-state index is 11.8. The summed E-state index contributed by atoms with van der Waals surface area (Å²) in [6.45, 7) is 8.29. The smallest absolute Gasteiger partial charge is 0.225 e. The summed E-state index contributed by atoms with van der Waals surface area (Å²) in [5.74, 6) is 0.461. The first-order valence-corrected chi connectivity index (χ1v) is 5.36. The summed E-state index contributed by atoms with van der Waals surface area (Å²) in [4.78, 5) is 13.9. The molecular formula is C11H21NO. The third-order valence-corrected chi connectivity index (χ3v) is 2.94. The zero-order valence-electron chi connectivity index (χ0n) is 9.21. The molecule has 0 N–H and O–H groups in total. The van der Waals surface area contributed by atoms with Crippen molar-refractivity contribution in [3.63, 3.8) is 0 Å². The predicted molar refractivity (Wildman–Crippen MR) is 54.5 cm³/mol. The van der Waals surface area contributed by atoms with Gasteiger partial charge < -0.3 is 4.90 Å². The van der Waals surface area contributed by atoms with Gasteiger partial charge in [-0.2, -0.15) is 0 Å². The van der Waals surface area contributed by atoms with Gasteiger partial charge in [0.25, 0.3) is 0 Å². The van der Waals surface area contributed by atoms with Gasteiger partial charge in [-0.15, -0.1) is 0 Å². The molecule has 13 heavy (non-hydrogen) atoms. The minimum absolute atomic E-state index is 0.142. The number of hydrogen-bond donors (Lipinski definition) is 0. The Hall–Kier alpha value is -0.530. The lowest BCUT2D eigenvalue weighted by molar-refractivity contribution is -0.140. The van der Waals surface area contributed by atoms with E-state index in [0.717, 1.165) is 0 Å². The molecule has 1 heterocycles. The molecule has 1 saturated heterocycles. The minimum atomic E-state index is 0.142. The number of carbonyl (C=O) groups is 1. The average Bonchev–Trinajstić information content (AvgIpc) is 2.03. The van der Waals surface area contributed by atoms with E-state index in [0.29, 0.717) is 18.0 Å². The monoisotopic (exact) mass is 183 g/mol. The van der Waals surface area contributed by atoms with Crippen LogP contribution in [0.1, 0.15) is 47.0 Å². The zero-order chi connectivity index (χ0) is 10.0. The average molecular weight is 183 g/mol. The third kappa shape index (κ3) is 2.23. The first-order valence-electron chi connectivity index (χ1n) is 5.36. The largest absolute Gasteiger partial charge is 0.337 e. The van der Waals surface area contributed by atoms with Gasteiger partial charge in [0.15, 0.2) is 0 Å². The number of nitrogens with zero attached hydrogens (tertiary/aromatic N) is 1. The van der Waals surface area contributed by atoms with E-state index >= 15 is 0 Å². The summed E-state index contributed by atoms with van der Waals surface area (Å²) in [7, 11) is 0. The summed E-state index contributed by atoms with van der Waals surface area (Å²) in [6, 6.07) is 0.886. The van der Waals surface area contributed by atoms with Crippen LogP contribution < -0.4 is 0 Å². The molecule has 0 aromatic rings. The Balaban J connectivity index is 2.68. The van der Waals surface area contributed by atoms with E-state index in [1.807, 2.05) is 13.8 Å². The normalized spacial score (nSPS) is 29.5. The van der Waals surface area contributed by atoms with Gasteiger partial charge in [-0.3, -0.25) is 4.79 Å². The van der Waals surface area contributed by atoms with Crippen LogP contribution in [0.3, 0.4) is 0 Å². The van der Waals surface area contributed by atoms with Crippen molar-refractivity contribution in [1.82, 2.24) is 4.90 Å². The van der Waals surface area contributed by atoms with Crippen molar-refractivity contribution in [2.45, 2.75) is 59.0 Å². The number of hydrogen-bond acceptors (Lipinski definition) is 1. The second-order valence-electron chi connectivity index (χ2n) is 4.53. The molecule has 1 amide bonds. The van der Waals surface area contributed by atoms with Gasteiger partial charge in [-0.05, 0) is 33.1 Å². The standard InChI is InChI=1S/C11H21NO/c1-8(2)11(13)12-9(3)6-5-7-10(12)4/h8-10H,5-7H2,1-4H3/t9-,10-/m0/s1. The molecule has 1 rings (SSSR count). The predicted octanol–water partition coefficient (Wildman–Crippen LogP) is 2.43. The zero-order valence-corrected chi connectivity index (χ0v) is 9.21. The molecule has 76 valence electrons. The van der Waals surface area contributed by atoms with E-state index in [1.165, 1.54) is 19.3 Å². The van der Waals surface area contributed by atoms with Gasteiger partial charge >= 0.3 is 0 Å². The summed E-state index contributed by atoms with van der Waals surface area (Å²) in [5, 5.41) is 0. The number of rotatable bonds is 1. The van der Waals surface area contributed by atoms with Crippen molar-refractivity contribution in [3.05, 3.63) is 0 Å². The quantitative estimate of drug-likeness (QED) is 0.611. The molecule has 0 bridgehead atoms. The second-order valence-corrected chi connectivity index (χ2v) is 4.53. The summed E-state index contributed by atoms with van der Waals surface area (Å²) in [6.07, 6.45) is 3.61. The molecule has 1 aliphatic heterocycles. The Morgan fingerprint density at radius 2 is 1.69 bits per heavy atom. The molecule has 0 unspecified atom stereocenters. The maximum Gasteiger partial charge on any atom is 0.225 e. The van der Waals surface area contributed by atoms with Crippen LogP contribution in [0, 0.1) is 5.92 Å². The van der Waals surface area contributed by atoms with Crippen LogP contribution in [0.25, 0.3) is 0 Å². The van der Waals surface area contributed by atoms with Crippen LogP contribution in [0.2, 0.25) is 0 Å². The van der Waals surface area contributed by atoms with Crippen molar-refractivity contribution >= 4 is 5.91 Å². The molecular weight excluding hydrogens is 162 g/mol. The van der Waals surface area contributed by atoms with E-state index < -0.39 is 0 Å². The fraction of sp³-hybridized carbons (Fsp3) is 0.909. The van der Waals surface area contributed by atoms with Crippen LogP contribution in [0.15, 0.2) is 0 Å². The first-order chi connectivity index (χ1) is 6.04. The van der Waals surface area contributed by atoms with Gasteiger partial charge in [-0.1, -0.05) is 13.8 Å². The Bertz CT molecular complexity index is 179. The Kier molecular flexibility index (Phi) is 3.34. The number of carbonyl (C=O) groups excluding carboxylic acids is 1. The summed E-state index contributed by atoms with van der Waals surface area (Å²) < 4.78 is 0. The van der Waals surface area contributed by atoms with Gasteiger partial charge in [0.05, 0.1) is 0 Å². The highest BCUT2D eigenvalue weighted by Crippen LogP contribution is 2.24. The highest BCUT2D eigenvalue weighted by molar-refractivity contribution is 5.78. The number of piperidine rings is 1. The molecule has 2 heteroatoms. The van der Waals surface area contributed by atoms with Crippen molar-refractivity contribution in [1.29, 1.82) is 0 Å². The Morgan fingerprint density at radius 1 is 1.23 bits per heavy atom. The number of amides is 1. The van der Waals surface area contributed by atoms with E-state index in [1.54, 1.807) is 0 Å². The fourth-order valence-electron chi connectivity index (χ4n) is 2.15. The minimum Gasteiger partial charge on any atom is -0.337 e. The SMILES string of the molecule is CC(C)C(=O)N1[C@@H](C)CCC[C@@H]1C. The molecule has 1 fully saturated rings. The number of likely N-dealkylation sites (tertiary alicyclic amines) is 1. The van der Waals surface area contributed by atoms with Crippen LogP contribution in [-0.4, -0.2) is 22.9 Å². The molecule has 0 spiro atoms. The highest BCUT2D eigenvalue weighted by atomic mass is 16.2. The van der Waals surface area contributed by atoms with E-state index in [2.05, 4.69) is 18.7 Å². The van der Waals surface area contributed by atoms with Crippen LogP contribution in [-0.2, 0) is 4.79 Å². The molecule has 0 aromatic carbocycles. The molecule has 2 atom stereocenters. The van der Waals surface area contributed by atoms with Crippen molar-refractivity contribution in [2.24, 2.45) is 5.92 Å². The Labute approximate surface area is 81.3 Å². The lowest BCUT2D eigenvalue weighted by Crippen LogP contribution is -2.49. The maximum absolute atomic E-state index is 11.8. The second kappa shape index (κ2) is 4.12. The lowest BCUT2D eigenvalue weighted by atomic mass is 9.96. The van der Waals surface area contributed by atoms with Gasteiger partial charge in [0.2, 0.25) is 5.91 Å². The van der Waals surface area contributed by atoms with E-state index in [-0.39, 0.29) is 5.92 Å². The van der Waals surface area contributed by atoms with Crippen LogP contribution in [0.5, 0.6) is 0 Å². The molecule has 2 nitrogen and oxygen atoms in total. The van der Waals surface area contributed by atoms with Crippen molar-refractivity contribution < 1.29 is 4.79 Å². The van der Waals surface area contributed by atoms with Gasteiger partial charge in [0, 0.05) is 18.0 Å². The fourth-order valence-corrected chi connectivity index (χ4v) is 2.15. The van der Waals surface area contributed by atoms with Crippen molar-refractivity contribution in [2.75, 3.05) is 0 Å². The molecule has 1 aliphatic rings.